The smallest absolute Gasteiger partial charge is 0.324 e. The Morgan fingerprint density at radius 2 is 1.82 bits per heavy atom. The molecule has 1 aromatic heterocycles. The largest absolute Gasteiger partial charge is 0.326 e. The van der Waals surface area contributed by atoms with Gasteiger partial charge < -0.3 is 10.3 Å². The van der Waals surface area contributed by atoms with Gasteiger partial charge in [0.25, 0.3) is 0 Å². The van der Waals surface area contributed by atoms with Crippen LogP contribution in [-0.4, -0.2) is 27.2 Å². The maximum Gasteiger partial charge on any atom is 0.326 e. The van der Waals surface area contributed by atoms with Crippen LogP contribution in [0.2, 0.25) is 5.02 Å². The lowest BCUT2D eigenvalue weighted by Crippen LogP contribution is -2.27. The molecule has 0 saturated heterocycles. The van der Waals surface area contributed by atoms with Crippen LogP contribution >= 0.6 is 11.6 Å². The number of aromatic nitrogens is 2. The van der Waals surface area contributed by atoms with Crippen molar-refractivity contribution in [1.29, 1.82) is 0 Å². The molecule has 1 amide bonds. The molecule has 2 aliphatic rings. The van der Waals surface area contributed by atoms with Crippen molar-refractivity contribution in [3.8, 4) is 0 Å². The number of carbonyl (C=O) groups excluding carboxylic acids is 1. The standard InChI is InChI=1S/C27H23ClN4O2/c1-32-24-13-18(8-10-22(24)31-27(32)34)25-20-14-19(28)9-11-21(20)30-26(33)23(29-25)12-15-2-4-16(5-3-15)17-6-7-17/h2-5,8-11,13-14,17,23H,6-7,12H2,1H3,(H,30,33)(H,31,34). The lowest BCUT2D eigenvalue weighted by Gasteiger charge is -2.12. The van der Waals surface area contributed by atoms with Gasteiger partial charge in [0.05, 0.1) is 22.4 Å². The molecule has 0 bridgehead atoms. The van der Waals surface area contributed by atoms with Gasteiger partial charge in [0.2, 0.25) is 5.91 Å². The second-order valence-electron chi connectivity index (χ2n) is 9.11. The monoisotopic (exact) mass is 470 g/mol. The molecule has 1 aliphatic heterocycles. The minimum atomic E-state index is -0.598. The Hall–Kier alpha value is -3.64. The van der Waals surface area contributed by atoms with E-state index in [0.717, 1.165) is 27.7 Å². The Kier molecular flexibility index (Phi) is 4.92. The maximum atomic E-state index is 13.2. The number of nitrogens with one attached hydrogen (secondary N) is 2. The molecule has 1 unspecified atom stereocenters. The number of aryl methyl sites for hydroxylation is 1. The van der Waals surface area contributed by atoms with Crippen LogP contribution in [0.1, 0.15) is 41.0 Å². The number of carbonyl (C=O) groups is 1. The number of halogens is 1. The molecular weight excluding hydrogens is 448 g/mol. The lowest BCUT2D eigenvalue weighted by molar-refractivity contribution is -0.117. The first-order valence-corrected chi connectivity index (χ1v) is 11.8. The van der Waals surface area contributed by atoms with Gasteiger partial charge in [0.15, 0.2) is 0 Å². The van der Waals surface area contributed by atoms with E-state index in [4.69, 9.17) is 16.6 Å². The van der Waals surface area contributed by atoms with Crippen LogP contribution < -0.4 is 11.0 Å². The van der Waals surface area contributed by atoms with Crippen molar-refractivity contribution in [3.05, 3.63) is 98.4 Å². The molecule has 2 N–H and O–H groups in total. The number of rotatable bonds is 4. The number of benzene rings is 3. The fourth-order valence-electron chi connectivity index (χ4n) is 4.63. The molecule has 0 radical (unpaired) electrons. The number of anilines is 1. The van der Waals surface area contributed by atoms with Crippen LogP contribution in [-0.2, 0) is 18.3 Å². The van der Waals surface area contributed by atoms with Gasteiger partial charge in [-0.1, -0.05) is 41.9 Å². The van der Waals surface area contributed by atoms with Crippen molar-refractivity contribution in [2.75, 3.05) is 5.32 Å². The van der Waals surface area contributed by atoms with Crippen molar-refractivity contribution in [2.24, 2.45) is 12.0 Å². The summed E-state index contributed by atoms with van der Waals surface area (Å²) < 4.78 is 1.57. The second kappa shape index (κ2) is 7.99. The highest BCUT2D eigenvalue weighted by molar-refractivity contribution is 6.32. The Morgan fingerprint density at radius 1 is 1.03 bits per heavy atom. The summed E-state index contributed by atoms with van der Waals surface area (Å²) in [7, 11) is 1.73. The zero-order chi connectivity index (χ0) is 23.4. The van der Waals surface area contributed by atoms with Gasteiger partial charge in [-0.05, 0) is 60.2 Å². The van der Waals surface area contributed by atoms with Crippen molar-refractivity contribution in [2.45, 2.75) is 31.2 Å². The molecule has 34 heavy (non-hydrogen) atoms. The van der Waals surface area contributed by atoms with Crippen LogP contribution in [0.4, 0.5) is 5.69 Å². The molecule has 0 spiro atoms. The van der Waals surface area contributed by atoms with E-state index in [1.54, 1.807) is 17.7 Å². The fourth-order valence-corrected chi connectivity index (χ4v) is 4.80. The van der Waals surface area contributed by atoms with Gasteiger partial charge in [-0.2, -0.15) is 0 Å². The average molecular weight is 471 g/mol. The maximum absolute atomic E-state index is 13.2. The van der Waals surface area contributed by atoms with Crippen molar-refractivity contribution < 1.29 is 4.79 Å². The molecule has 170 valence electrons. The molecule has 1 aliphatic carbocycles. The van der Waals surface area contributed by atoms with Gasteiger partial charge in [-0.25, -0.2) is 4.79 Å². The first kappa shape index (κ1) is 20.9. The average Bonchev–Trinajstić information content (AvgIpc) is 3.65. The highest BCUT2D eigenvalue weighted by atomic mass is 35.5. The Bertz CT molecular complexity index is 1530. The van der Waals surface area contributed by atoms with Gasteiger partial charge >= 0.3 is 5.69 Å². The van der Waals surface area contributed by atoms with E-state index < -0.39 is 6.04 Å². The number of benzodiazepines with no additional fused rings is 1. The van der Waals surface area contributed by atoms with Crippen LogP contribution in [0.15, 0.2) is 70.5 Å². The summed E-state index contributed by atoms with van der Waals surface area (Å²) in [5.74, 6) is 0.540. The van der Waals surface area contributed by atoms with E-state index >= 15 is 0 Å². The van der Waals surface area contributed by atoms with Crippen LogP contribution in [0, 0.1) is 0 Å². The number of aromatic amines is 1. The van der Waals surface area contributed by atoms with Gasteiger partial charge in [0, 0.05) is 29.6 Å². The SMILES string of the molecule is Cn1c(=O)[nH]c2ccc(C3=NC(Cc4ccc(C5CC5)cc4)C(=O)Nc4ccc(Cl)cc43)cc21. The van der Waals surface area contributed by atoms with Crippen molar-refractivity contribution >= 4 is 39.9 Å². The summed E-state index contributed by atoms with van der Waals surface area (Å²) in [4.78, 5) is 33.1. The highest BCUT2D eigenvalue weighted by Gasteiger charge is 2.27. The lowest BCUT2D eigenvalue weighted by atomic mass is 9.99. The number of H-pyrrole nitrogens is 1. The summed E-state index contributed by atoms with van der Waals surface area (Å²) in [6, 6.07) is 19.0. The van der Waals surface area contributed by atoms with Crippen molar-refractivity contribution in [1.82, 2.24) is 9.55 Å². The Labute approximate surface area is 201 Å². The quantitative estimate of drug-likeness (QED) is 0.449. The van der Waals surface area contributed by atoms with E-state index in [9.17, 15) is 9.59 Å². The minimum absolute atomic E-state index is 0.153. The molecule has 6 nitrogen and oxygen atoms in total. The van der Waals surface area contributed by atoms with E-state index in [1.807, 2.05) is 30.3 Å². The first-order chi connectivity index (χ1) is 16.5. The molecule has 1 saturated carbocycles. The molecule has 4 aromatic rings. The van der Waals surface area contributed by atoms with Gasteiger partial charge in [0.1, 0.15) is 6.04 Å². The Morgan fingerprint density at radius 3 is 2.59 bits per heavy atom. The first-order valence-electron chi connectivity index (χ1n) is 11.4. The minimum Gasteiger partial charge on any atom is -0.324 e. The topological polar surface area (TPSA) is 79.2 Å². The molecule has 7 heteroatoms. The van der Waals surface area contributed by atoms with Crippen LogP contribution in [0.3, 0.4) is 0 Å². The molecule has 1 fully saturated rings. The number of aliphatic imine (C=N–C) groups is 1. The van der Waals surface area contributed by atoms with E-state index in [0.29, 0.717) is 28.8 Å². The Balaban J connectivity index is 1.45. The number of nitrogens with zero attached hydrogens (tertiary/aromatic N) is 2. The molecule has 3 aromatic carbocycles. The molecule has 1 atom stereocenters. The molecular formula is C27H23ClN4O2. The van der Waals surface area contributed by atoms with Gasteiger partial charge in [-0.3, -0.25) is 14.4 Å². The third-order valence-corrected chi connectivity index (χ3v) is 6.95. The zero-order valence-electron chi connectivity index (χ0n) is 18.6. The summed E-state index contributed by atoms with van der Waals surface area (Å²) in [5.41, 5.74) is 6.69. The summed E-state index contributed by atoms with van der Waals surface area (Å²) in [5, 5.41) is 3.60. The number of imidazole rings is 1. The summed E-state index contributed by atoms with van der Waals surface area (Å²) in [6.45, 7) is 0. The normalized spacial score (nSPS) is 17.8. The highest BCUT2D eigenvalue weighted by Crippen LogP contribution is 2.40. The molecule has 6 rings (SSSR count). The van der Waals surface area contributed by atoms with E-state index in [1.165, 1.54) is 18.4 Å². The van der Waals surface area contributed by atoms with Crippen LogP contribution in [0.5, 0.6) is 0 Å². The van der Waals surface area contributed by atoms with E-state index in [2.05, 4.69) is 34.6 Å². The predicted molar refractivity (Wildman–Crippen MR) is 135 cm³/mol. The zero-order valence-corrected chi connectivity index (χ0v) is 19.4. The number of hydrogen-bond donors (Lipinski definition) is 2. The third kappa shape index (κ3) is 3.74. The van der Waals surface area contributed by atoms with E-state index in [-0.39, 0.29) is 11.6 Å². The van der Waals surface area contributed by atoms with Crippen molar-refractivity contribution in [3.63, 3.8) is 0 Å². The van der Waals surface area contributed by atoms with Crippen LogP contribution in [0.25, 0.3) is 11.0 Å². The summed E-state index contributed by atoms with van der Waals surface area (Å²) >= 11 is 6.34. The van der Waals surface area contributed by atoms with Gasteiger partial charge in [-0.15, -0.1) is 0 Å². The summed E-state index contributed by atoms with van der Waals surface area (Å²) in [6.07, 6.45) is 3.01. The second-order valence-corrected chi connectivity index (χ2v) is 9.55. The predicted octanol–water partition coefficient (Wildman–Crippen LogP) is 4.80. The number of fused-ring (bicyclic) bond motifs is 2. The third-order valence-electron chi connectivity index (χ3n) is 6.72. The number of hydrogen-bond acceptors (Lipinski definition) is 3. The fraction of sp³-hybridized carbons (Fsp3) is 0.222. The molecule has 2 heterocycles. The number of amides is 1.